The van der Waals surface area contributed by atoms with E-state index in [4.69, 9.17) is 0 Å². The second kappa shape index (κ2) is 4.83. The Balaban J connectivity index is 2.85. The summed E-state index contributed by atoms with van der Waals surface area (Å²) >= 11 is 0. The molecule has 5 nitrogen and oxygen atoms in total. The van der Waals surface area contributed by atoms with Crippen molar-refractivity contribution >= 4 is 23.1 Å². The minimum absolute atomic E-state index is 0.0205. The molecule has 0 bridgehead atoms. The van der Waals surface area contributed by atoms with Crippen LogP contribution in [0.1, 0.15) is 10.4 Å². The number of hydrogen-bond donors (Lipinski definition) is 1. The number of fused-ring (bicyclic) bond motifs is 1. The van der Waals surface area contributed by atoms with Crippen molar-refractivity contribution in [2.45, 2.75) is 6.54 Å². The van der Waals surface area contributed by atoms with E-state index in [1.807, 2.05) is 0 Å². The third kappa shape index (κ3) is 1.90. The average molecular weight is 244 g/mol. The molecule has 0 aliphatic heterocycles. The maximum absolute atomic E-state index is 11.9. The summed E-state index contributed by atoms with van der Waals surface area (Å²) in [7, 11) is 1.51. The number of hydrogen-bond acceptors (Lipinski definition) is 3. The van der Waals surface area contributed by atoms with Crippen LogP contribution in [-0.2, 0) is 11.3 Å². The van der Waals surface area contributed by atoms with Crippen LogP contribution in [0.5, 0.6) is 0 Å². The molecule has 0 aliphatic rings. The number of para-hydroxylation sites is 1. The molecule has 1 N–H and O–H groups in total. The van der Waals surface area contributed by atoms with Crippen molar-refractivity contribution < 1.29 is 9.59 Å². The lowest BCUT2D eigenvalue weighted by Gasteiger charge is -2.10. The lowest BCUT2D eigenvalue weighted by molar-refractivity contribution is -0.108. The highest BCUT2D eigenvalue weighted by Crippen LogP contribution is 2.16. The molecule has 0 spiro atoms. The van der Waals surface area contributed by atoms with Gasteiger partial charge in [0.05, 0.1) is 17.6 Å². The first kappa shape index (κ1) is 12.0. The van der Waals surface area contributed by atoms with E-state index >= 15 is 0 Å². The number of carbonyl (C=O) groups excluding carboxylic acids is 2. The lowest BCUT2D eigenvalue weighted by Crippen LogP contribution is -2.26. The fourth-order valence-corrected chi connectivity index (χ4v) is 1.92. The van der Waals surface area contributed by atoms with E-state index in [-0.39, 0.29) is 18.0 Å². The van der Waals surface area contributed by atoms with Crippen LogP contribution in [0.25, 0.3) is 10.9 Å². The summed E-state index contributed by atoms with van der Waals surface area (Å²) in [5.74, 6) is -0.318. The number of rotatable bonds is 3. The van der Waals surface area contributed by atoms with Crippen LogP contribution in [-0.4, -0.2) is 23.8 Å². The minimum atomic E-state index is -0.362. The predicted molar refractivity (Wildman–Crippen MR) is 67.7 cm³/mol. The van der Waals surface area contributed by atoms with Crippen LogP contribution >= 0.6 is 0 Å². The van der Waals surface area contributed by atoms with Gasteiger partial charge in [-0.15, -0.1) is 0 Å². The molecule has 0 saturated heterocycles. The van der Waals surface area contributed by atoms with E-state index in [0.29, 0.717) is 22.8 Å². The third-order valence-electron chi connectivity index (χ3n) is 2.75. The molecule has 1 amide bonds. The molecule has 2 aromatic rings. The fraction of sp³-hybridized carbons (Fsp3) is 0.154. The number of carbonyl (C=O) groups is 2. The molecule has 0 radical (unpaired) electrons. The first-order valence-electron chi connectivity index (χ1n) is 5.47. The van der Waals surface area contributed by atoms with Crippen LogP contribution in [0.15, 0.2) is 35.1 Å². The highest BCUT2D eigenvalue weighted by Gasteiger charge is 2.12. The van der Waals surface area contributed by atoms with Gasteiger partial charge in [-0.1, -0.05) is 18.2 Å². The SMILES string of the molecule is CNC(=O)c1cc(=O)n(CC=O)c2ccccc12. The quantitative estimate of drug-likeness (QED) is 0.802. The van der Waals surface area contributed by atoms with Gasteiger partial charge in [-0.25, -0.2) is 0 Å². The second-order valence-electron chi connectivity index (χ2n) is 3.77. The highest BCUT2D eigenvalue weighted by atomic mass is 16.2. The Morgan fingerprint density at radius 3 is 2.78 bits per heavy atom. The number of nitrogens with one attached hydrogen (secondary N) is 1. The summed E-state index contributed by atoms with van der Waals surface area (Å²) in [6.07, 6.45) is 0.660. The van der Waals surface area contributed by atoms with Gasteiger partial charge in [-0.3, -0.25) is 9.59 Å². The van der Waals surface area contributed by atoms with E-state index in [0.717, 1.165) is 0 Å². The number of amides is 1. The zero-order valence-electron chi connectivity index (χ0n) is 9.84. The van der Waals surface area contributed by atoms with E-state index in [1.165, 1.54) is 17.7 Å². The van der Waals surface area contributed by atoms with Gasteiger partial charge in [0.25, 0.3) is 11.5 Å². The second-order valence-corrected chi connectivity index (χ2v) is 3.77. The third-order valence-corrected chi connectivity index (χ3v) is 2.75. The van der Waals surface area contributed by atoms with Gasteiger partial charge in [0.1, 0.15) is 6.29 Å². The van der Waals surface area contributed by atoms with Crippen molar-refractivity contribution in [3.63, 3.8) is 0 Å². The summed E-state index contributed by atoms with van der Waals surface area (Å²) in [5.41, 5.74) is 0.537. The van der Waals surface area contributed by atoms with Crippen LogP contribution in [0, 0.1) is 0 Å². The fourth-order valence-electron chi connectivity index (χ4n) is 1.92. The average Bonchev–Trinajstić information content (AvgIpc) is 2.41. The van der Waals surface area contributed by atoms with Gasteiger partial charge in [0.2, 0.25) is 0 Å². The predicted octanol–water partition coefficient (Wildman–Crippen LogP) is 0.560. The molecule has 2 rings (SSSR count). The smallest absolute Gasteiger partial charge is 0.252 e. The topological polar surface area (TPSA) is 68.2 Å². The van der Waals surface area contributed by atoms with Gasteiger partial charge in [-0.05, 0) is 6.07 Å². The molecule has 5 heteroatoms. The molecule has 92 valence electrons. The minimum Gasteiger partial charge on any atom is -0.355 e. The lowest BCUT2D eigenvalue weighted by atomic mass is 10.1. The molecular formula is C13H12N2O3. The van der Waals surface area contributed by atoms with Crippen molar-refractivity contribution in [1.29, 1.82) is 0 Å². The van der Waals surface area contributed by atoms with Gasteiger partial charge in [0.15, 0.2) is 0 Å². The number of pyridine rings is 1. The summed E-state index contributed by atoms with van der Waals surface area (Å²) in [6.45, 7) is -0.0205. The standard InChI is InChI=1S/C13H12N2O3/c1-14-13(18)10-8-12(17)15(6-7-16)11-5-3-2-4-9(10)11/h2-5,7-8H,6H2,1H3,(H,14,18). The van der Waals surface area contributed by atoms with Crippen molar-refractivity contribution in [3.05, 3.63) is 46.2 Å². The van der Waals surface area contributed by atoms with Crippen LogP contribution in [0.2, 0.25) is 0 Å². The summed E-state index contributed by atoms with van der Waals surface area (Å²) in [4.78, 5) is 34.2. The summed E-state index contributed by atoms with van der Waals surface area (Å²) < 4.78 is 1.34. The zero-order valence-corrected chi connectivity index (χ0v) is 9.84. The molecule has 1 aromatic carbocycles. The van der Waals surface area contributed by atoms with Gasteiger partial charge >= 0.3 is 0 Å². The zero-order chi connectivity index (χ0) is 13.1. The van der Waals surface area contributed by atoms with Crippen molar-refractivity contribution in [2.75, 3.05) is 7.05 Å². The van der Waals surface area contributed by atoms with Gasteiger partial charge in [-0.2, -0.15) is 0 Å². The number of aldehydes is 1. The Bertz CT molecular complexity index is 673. The molecule has 0 saturated carbocycles. The molecule has 0 fully saturated rings. The maximum Gasteiger partial charge on any atom is 0.252 e. The number of benzene rings is 1. The van der Waals surface area contributed by atoms with E-state index in [2.05, 4.69) is 5.32 Å². The Morgan fingerprint density at radius 1 is 1.39 bits per heavy atom. The van der Waals surface area contributed by atoms with Crippen molar-refractivity contribution in [2.24, 2.45) is 0 Å². The van der Waals surface area contributed by atoms with Crippen LogP contribution in [0.4, 0.5) is 0 Å². The van der Waals surface area contributed by atoms with E-state index in [9.17, 15) is 14.4 Å². The molecule has 18 heavy (non-hydrogen) atoms. The normalized spacial score (nSPS) is 10.3. The molecule has 1 aromatic heterocycles. The first-order chi connectivity index (χ1) is 8.69. The molecule has 0 unspecified atom stereocenters. The van der Waals surface area contributed by atoms with Crippen LogP contribution < -0.4 is 10.9 Å². The van der Waals surface area contributed by atoms with Gasteiger partial charge < -0.3 is 14.7 Å². The maximum atomic E-state index is 11.9. The molecule has 0 atom stereocenters. The molecular weight excluding hydrogens is 232 g/mol. The molecule has 1 heterocycles. The summed E-state index contributed by atoms with van der Waals surface area (Å²) in [6, 6.07) is 8.26. The Kier molecular flexibility index (Phi) is 3.23. The first-order valence-corrected chi connectivity index (χ1v) is 5.47. The van der Waals surface area contributed by atoms with Gasteiger partial charge in [0, 0.05) is 18.5 Å². The highest BCUT2D eigenvalue weighted by molar-refractivity contribution is 6.06. The number of aromatic nitrogens is 1. The summed E-state index contributed by atoms with van der Waals surface area (Å²) in [5, 5.41) is 3.15. The Labute approximate surface area is 103 Å². The van der Waals surface area contributed by atoms with Crippen molar-refractivity contribution in [1.82, 2.24) is 9.88 Å². The van der Waals surface area contributed by atoms with E-state index in [1.54, 1.807) is 24.3 Å². The number of nitrogens with zero attached hydrogens (tertiary/aromatic N) is 1. The van der Waals surface area contributed by atoms with Crippen LogP contribution in [0.3, 0.4) is 0 Å². The largest absolute Gasteiger partial charge is 0.355 e. The van der Waals surface area contributed by atoms with Crippen molar-refractivity contribution in [3.8, 4) is 0 Å². The molecule has 0 aliphatic carbocycles. The Hall–Kier alpha value is -2.43. The Morgan fingerprint density at radius 2 is 2.11 bits per heavy atom. The van der Waals surface area contributed by atoms with E-state index < -0.39 is 0 Å². The monoisotopic (exact) mass is 244 g/mol.